The molecule has 0 aliphatic heterocycles. The van der Waals surface area contributed by atoms with Crippen molar-refractivity contribution in [1.82, 2.24) is 19.6 Å². The first-order valence-corrected chi connectivity index (χ1v) is 5.44. The van der Waals surface area contributed by atoms with Crippen LogP contribution in [0.1, 0.15) is 18.2 Å². The van der Waals surface area contributed by atoms with Gasteiger partial charge in [0, 0.05) is 37.6 Å². The zero-order chi connectivity index (χ0) is 11.5. The van der Waals surface area contributed by atoms with Crippen LogP contribution in [-0.2, 0) is 20.1 Å². The van der Waals surface area contributed by atoms with Crippen LogP contribution < -0.4 is 5.32 Å². The van der Waals surface area contributed by atoms with E-state index < -0.39 is 0 Å². The Morgan fingerprint density at radius 2 is 2.06 bits per heavy atom. The van der Waals surface area contributed by atoms with Gasteiger partial charge in [-0.1, -0.05) is 0 Å². The molecule has 0 radical (unpaired) electrons. The highest BCUT2D eigenvalue weighted by molar-refractivity contribution is 5.85. The second kappa shape index (κ2) is 5.72. The molecule has 5 nitrogen and oxygen atoms in total. The first-order valence-electron chi connectivity index (χ1n) is 5.44. The van der Waals surface area contributed by atoms with E-state index >= 15 is 0 Å². The Morgan fingerprint density at radius 1 is 1.29 bits per heavy atom. The van der Waals surface area contributed by atoms with Gasteiger partial charge in [0.25, 0.3) is 0 Å². The van der Waals surface area contributed by atoms with E-state index in [4.69, 9.17) is 0 Å². The molecule has 0 saturated carbocycles. The van der Waals surface area contributed by atoms with Gasteiger partial charge in [0.1, 0.15) is 0 Å². The third kappa shape index (κ3) is 3.00. The molecule has 0 aromatic carbocycles. The molecular weight excluding hydrogens is 238 g/mol. The molecule has 2 rings (SSSR count). The Hall–Kier alpha value is -1.49. The Morgan fingerprint density at radius 3 is 2.59 bits per heavy atom. The zero-order valence-corrected chi connectivity index (χ0v) is 11.2. The van der Waals surface area contributed by atoms with Gasteiger partial charge in [0.05, 0.1) is 18.1 Å². The van der Waals surface area contributed by atoms with Crippen LogP contribution in [0.4, 0.5) is 5.69 Å². The van der Waals surface area contributed by atoms with Gasteiger partial charge < -0.3 is 5.32 Å². The molecule has 0 saturated heterocycles. The number of rotatable bonds is 4. The number of hydrogen-bond acceptors (Lipinski definition) is 3. The maximum atomic E-state index is 4.21. The van der Waals surface area contributed by atoms with Gasteiger partial charge in [0.2, 0.25) is 0 Å². The molecule has 0 atom stereocenters. The van der Waals surface area contributed by atoms with Crippen LogP contribution in [0.25, 0.3) is 0 Å². The minimum Gasteiger partial charge on any atom is -0.378 e. The summed E-state index contributed by atoms with van der Waals surface area (Å²) in [5.41, 5.74) is 3.45. The molecule has 0 aliphatic rings. The molecule has 17 heavy (non-hydrogen) atoms. The van der Waals surface area contributed by atoms with Crippen molar-refractivity contribution < 1.29 is 0 Å². The number of hydrogen-bond donors (Lipinski definition) is 1. The lowest BCUT2D eigenvalue weighted by Crippen LogP contribution is -2.00. The minimum atomic E-state index is 0. The molecule has 0 spiro atoms. The predicted molar refractivity (Wildman–Crippen MR) is 70.4 cm³/mol. The van der Waals surface area contributed by atoms with Crippen molar-refractivity contribution >= 4 is 18.1 Å². The van der Waals surface area contributed by atoms with Gasteiger partial charge in [-0.15, -0.1) is 12.4 Å². The molecule has 1 N–H and O–H groups in total. The lowest BCUT2D eigenvalue weighted by molar-refractivity contribution is 0.660. The fraction of sp³-hybridized carbons (Fsp3) is 0.455. The van der Waals surface area contributed by atoms with Crippen molar-refractivity contribution in [3.8, 4) is 0 Å². The molecule has 2 aromatic heterocycles. The first-order chi connectivity index (χ1) is 7.70. The average molecular weight is 256 g/mol. The number of nitrogens with zero attached hydrogens (tertiary/aromatic N) is 4. The topological polar surface area (TPSA) is 47.7 Å². The number of aromatic nitrogens is 4. The van der Waals surface area contributed by atoms with Crippen LogP contribution in [0.5, 0.6) is 0 Å². The number of aryl methyl sites for hydroxylation is 2. The Bertz CT molecular complexity index is 474. The summed E-state index contributed by atoms with van der Waals surface area (Å²) in [4.78, 5) is 0. The summed E-state index contributed by atoms with van der Waals surface area (Å²) in [5, 5.41) is 11.7. The fourth-order valence-corrected chi connectivity index (χ4v) is 1.54. The molecule has 2 heterocycles. The van der Waals surface area contributed by atoms with Gasteiger partial charge in [-0.25, -0.2) is 0 Å². The molecular formula is C11H18ClN5. The van der Waals surface area contributed by atoms with E-state index in [0.717, 1.165) is 18.8 Å². The standard InChI is InChI=1S/C11H17N5.ClH/c1-4-16-8-11(7-14-16)12-5-10-6-13-15(3)9(10)2;/h6-8,12H,4-5H2,1-3H3;1H. The summed E-state index contributed by atoms with van der Waals surface area (Å²) in [6.07, 6.45) is 5.74. The largest absolute Gasteiger partial charge is 0.378 e. The summed E-state index contributed by atoms with van der Waals surface area (Å²) in [5.74, 6) is 0. The van der Waals surface area contributed by atoms with Crippen LogP contribution in [0.2, 0.25) is 0 Å². The zero-order valence-electron chi connectivity index (χ0n) is 10.3. The van der Waals surface area contributed by atoms with Crippen molar-refractivity contribution in [3.63, 3.8) is 0 Å². The first kappa shape index (κ1) is 13.6. The SMILES string of the molecule is CCn1cc(NCc2cnn(C)c2C)cn1.Cl. The average Bonchev–Trinajstić information content (AvgIpc) is 2.86. The predicted octanol–water partition coefficient (Wildman–Crippen LogP) is 1.98. The van der Waals surface area contributed by atoms with Crippen molar-refractivity contribution in [2.24, 2.45) is 7.05 Å². The highest BCUT2D eigenvalue weighted by Gasteiger charge is 2.03. The molecule has 0 aliphatic carbocycles. The molecule has 0 unspecified atom stereocenters. The van der Waals surface area contributed by atoms with Crippen LogP contribution in [0.15, 0.2) is 18.6 Å². The minimum absolute atomic E-state index is 0. The monoisotopic (exact) mass is 255 g/mol. The van der Waals surface area contributed by atoms with E-state index in [2.05, 4.69) is 29.4 Å². The summed E-state index contributed by atoms with van der Waals surface area (Å²) in [6.45, 7) is 5.82. The highest BCUT2D eigenvalue weighted by atomic mass is 35.5. The van der Waals surface area contributed by atoms with E-state index in [1.807, 2.05) is 35.0 Å². The quantitative estimate of drug-likeness (QED) is 0.909. The Kier molecular flexibility index (Phi) is 4.57. The number of halogens is 1. The Labute approximate surface area is 107 Å². The normalized spacial score (nSPS) is 10.1. The molecule has 0 fully saturated rings. The summed E-state index contributed by atoms with van der Waals surface area (Å²) in [6, 6.07) is 0. The number of anilines is 1. The third-order valence-electron chi connectivity index (χ3n) is 2.78. The summed E-state index contributed by atoms with van der Waals surface area (Å²) in [7, 11) is 1.95. The summed E-state index contributed by atoms with van der Waals surface area (Å²) >= 11 is 0. The van der Waals surface area contributed by atoms with E-state index in [9.17, 15) is 0 Å². The fourth-order valence-electron chi connectivity index (χ4n) is 1.54. The maximum absolute atomic E-state index is 4.21. The smallest absolute Gasteiger partial charge is 0.0729 e. The van der Waals surface area contributed by atoms with E-state index in [-0.39, 0.29) is 12.4 Å². The van der Waals surface area contributed by atoms with E-state index in [1.54, 1.807) is 0 Å². The molecule has 0 bridgehead atoms. The second-order valence-electron chi connectivity index (χ2n) is 3.82. The lowest BCUT2D eigenvalue weighted by atomic mass is 10.2. The van der Waals surface area contributed by atoms with Gasteiger partial charge in [-0.05, 0) is 13.8 Å². The maximum Gasteiger partial charge on any atom is 0.0729 e. The third-order valence-corrected chi connectivity index (χ3v) is 2.78. The van der Waals surface area contributed by atoms with Crippen molar-refractivity contribution in [3.05, 3.63) is 29.8 Å². The van der Waals surface area contributed by atoms with Crippen LogP contribution in [-0.4, -0.2) is 19.6 Å². The molecule has 6 heteroatoms. The van der Waals surface area contributed by atoms with E-state index in [1.165, 1.54) is 11.3 Å². The van der Waals surface area contributed by atoms with Gasteiger partial charge >= 0.3 is 0 Å². The van der Waals surface area contributed by atoms with Crippen LogP contribution in [0.3, 0.4) is 0 Å². The summed E-state index contributed by atoms with van der Waals surface area (Å²) < 4.78 is 3.78. The number of nitrogens with one attached hydrogen (secondary N) is 1. The lowest BCUT2D eigenvalue weighted by Gasteiger charge is -2.02. The Balaban J connectivity index is 0.00000144. The van der Waals surface area contributed by atoms with E-state index in [0.29, 0.717) is 0 Å². The van der Waals surface area contributed by atoms with Crippen molar-refractivity contribution in [2.45, 2.75) is 26.9 Å². The van der Waals surface area contributed by atoms with Crippen molar-refractivity contribution in [1.29, 1.82) is 0 Å². The van der Waals surface area contributed by atoms with Crippen molar-refractivity contribution in [2.75, 3.05) is 5.32 Å². The molecule has 94 valence electrons. The van der Waals surface area contributed by atoms with Gasteiger partial charge in [-0.2, -0.15) is 10.2 Å². The van der Waals surface area contributed by atoms with Gasteiger partial charge in [0.15, 0.2) is 0 Å². The van der Waals surface area contributed by atoms with Gasteiger partial charge in [-0.3, -0.25) is 9.36 Å². The second-order valence-corrected chi connectivity index (χ2v) is 3.82. The molecule has 2 aromatic rings. The van der Waals surface area contributed by atoms with Crippen LogP contribution in [0, 0.1) is 6.92 Å². The van der Waals surface area contributed by atoms with Crippen LogP contribution >= 0.6 is 12.4 Å². The molecule has 0 amide bonds. The highest BCUT2D eigenvalue weighted by Crippen LogP contribution is 2.10.